The van der Waals surface area contributed by atoms with Gasteiger partial charge in [0.25, 0.3) is 0 Å². The van der Waals surface area contributed by atoms with Crippen LogP contribution in [0.3, 0.4) is 0 Å². The molecule has 1 aliphatic rings. The van der Waals surface area contributed by atoms with E-state index in [2.05, 4.69) is 12.2 Å². The quantitative estimate of drug-likeness (QED) is 0.765. The van der Waals surface area contributed by atoms with Crippen molar-refractivity contribution in [2.24, 2.45) is 5.41 Å². The zero-order valence-electron chi connectivity index (χ0n) is 11.9. The lowest BCUT2D eigenvalue weighted by atomic mass is 9.87. The molecule has 0 spiro atoms. The van der Waals surface area contributed by atoms with Gasteiger partial charge in [0.15, 0.2) is 0 Å². The van der Waals surface area contributed by atoms with E-state index in [4.69, 9.17) is 0 Å². The molecule has 1 aromatic carbocycles. The van der Waals surface area contributed by atoms with E-state index in [0.29, 0.717) is 5.75 Å². The molecule has 1 unspecified atom stereocenters. The summed E-state index contributed by atoms with van der Waals surface area (Å²) in [6.45, 7) is 5.17. The summed E-state index contributed by atoms with van der Waals surface area (Å²) in [4.78, 5) is 0. The van der Waals surface area contributed by atoms with Crippen LogP contribution in [-0.2, 0) is 0 Å². The van der Waals surface area contributed by atoms with Crippen molar-refractivity contribution in [3.8, 4) is 5.75 Å². The highest BCUT2D eigenvalue weighted by molar-refractivity contribution is 5.37. The molecule has 3 heteroatoms. The van der Waals surface area contributed by atoms with Crippen molar-refractivity contribution < 1.29 is 10.2 Å². The molecule has 0 aromatic heterocycles. The summed E-state index contributed by atoms with van der Waals surface area (Å²) in [6, 6.07) is 5.79. The minimum atomic E-state index is 0.0493. The second-order valence-electron chi connectivity index (χ2n) is 6.03. The van der Waals surface area contributed by atoms with Crippen molar-refractivity contribution in [3.63, 3.8) is 0 Å². The van der Waals surface area contributed by atoms with Gasteiger partial charge in [0.2, 0.25) is 0 Å². The van der Waals surface area contributed by atoms with E-state index in [1.165, 1.54) is 12.8 Å². The Balaban J connectivity index is 2.00. The number of aryl methyl sites for hydroxylation is 1. The lowest BCUT2D eigenvalue weighted by molar-refractivity contribution is 0.125. The van der Waals surface area contributed by atoms with Crippen LogP contribution in [0.2, 0.25) is 0 Å². The van der Waals surface area contributed by atoms with Crippen molar-refractivity contribution in [1.82, 2.24) is 5.32 Å². The van der Waals surface area contributed by atoms with Gasteiger partial charge in [0.1, 0.15) is 5.75 Å². The molecule has 3 N–H and O–H groups in total. The number of hydrogen-bond acceptors (Lipinski definition) is 3. The van der Waals surface area contributed by atoms with E-state index in [9.17, 15) is 10.2 Å². The average Bonchev–Trinajstić information content (AvgIpc) is 2.88. The van der Waals surface area contributed by atoms with Crippen LogP contribution in [-0.4, -0.2) is 23.4 Å². The summed E-state index contributed by atoms with van der Waals surface area (Å²) >= 11 is 0. The first kappa shape index (κ1) is 14.4. The van der Waals surface area contributed by atoms with Gasteiger partial charge in [0.05, 0.1) is 0 Å². The molecule has 0 radical (unpaired) electrons. The standard InChI is InChI=1S/C16H25NO2/c1-12-5-6-15(19)14(9-12)13(2)17-10-16(11-18)7-3-4-8-16/h5-6,9,13,17-19H,3-4,7-8,10-11H2,1-2H3. The van der Waals surface area contributed by atoms with Crippen LogP contribution in [0.5, 0.6) is 5.75 Å². The molecular formula is C16H25NO2. The van der Waals surface area contributed by atoms with Crippen LogP contribution in [0, 0.1) is 12.3 Å². The Morgan fingerprint density at radius 3 is 2.63 bits per heavy atom. The summed E-state index contributed by atoms with van der Waals surface area (Å²) in [5, 5.41) is 23.0. The number of hydrogen-bond donors (Lipinski definition) is 3. The maximum Gasteiger partial charge on any atom is 0.120 e. The fourth-order valence-corrected chi connectivity index (χ4v) is 3.02. The van der Waals surface area contributed by atoms with Crippen molar-refractivity contribution in [2.75, 3.05) is 13.2 Å². The number of aliphatic hydroxyl groups excluding tert-OH is 1. The summed E-state index contributed by atoms with van der Waals surface area (Å²) in [7, 11) is 0. The summed E-state index contributed by atoms with van der Waals surface area (Å²) < 4.78 is 0. The zero-order chi connectivity index (χ0) is 13.9. The molecule has 0 aliphatic heterocycles. The number of phenols is 1. The fourth-order valence-electron chi connectivity index (χ4n) is 3.02. The maximum absolute atomic E-state index is 9.93. The van der Waals surface area contributed by atoms with Crippen LogP contribution in [0.4, 0.5) is 0 Å². The molecule has 106 valence electrons. The second-order valence-corrected chi connectivity index (χ2v) is 6.03. The highest BCUT2D eigenvalue weighted by Gasteiger charge is 2.33. The minimum Gasteiger partial charge on any atom is -0.508 e. The molecule has 3 nitrogen and oxygen atoms in total. The number of aliphatic hydroxyl groups is 1. The van der Waals surface area contributed by atoms with Gasteiger partial charge >= 0.3 is 0 Å². The molecule has 1 saturated carbocycles. The predicted molar refractivity (Wildman–Crippen MR) is 77.2 cm³/mol. The van der Waals surface area contributed by atoms with E-state index in [1.807, 2.05) is 19.1 Å². The number of aromatic hydroxyl groups is 1. The van der Waals surface area contributed by atoms with Crippen LogP contribution >= 0.6 is 0 Å². The first-order valence-corrected chi connectivity index (χ1v) is 7.20. The van der Waals surface area contributed by atoms with Crippen LogP contribution in [0.1, 0.15) is 49.8 Å². The Morgan fingerprint density at radius 1 is 1.32 bits per heavy atom. The third-order valence-electron chi connectivity index (χ3n) is 4.43. The molecule has 1 aromatic rings. The largest absolute Gasteiger partial charge is 0.508 e. The van der Waals surface area contributed by atoms with Gasteiger partial charge in [0, 0.05) is 30.2 Å². The first-order chi connectivity index (χ1) is 9.06. The van der Waals surface area contributed by atoms with Crippen molar-refractivity contribution in [1.29, 1.82) is 0 Å². The summed E-state index contributed by atoms with van der Waals surface area (Å²) in [6.07, 6.45) is 4.63. The van der Waals surface area contributed by atoms with E-state index in [0.717, 1.165) is 30.5 Å². The molecule has 0 amide bonds. The van der Waals surface area contributed by atoms with E-state index >= 15 is 0 Å². The number of phenolic OH excluding ortho intramolecular Hbond substituents is 1. The van der Waals surface area contributed by atoms with Crippen LogP contribution < -0.4 is 5.32 Å². The van der Waals surface area contributed by atoms with Gasteiger partial charge in [-0.3, -0.25) is 0 Å². The van der Waals surface area contributed by atoms with E-state index < -0.39 is 0 Å². The Labute approximate surface area is 115 Å². The lowest BCUT2D eigenvalue weighted by Gasteiger charge is -2.29. The maximum atomic E-state index is 9.93. The topological polar surface area (TPSA) is 52.5 Å². The second kappa shape index (κ2) is 5.93. The molecule has 0 saturated heterocycles. The van der Waals surface area contributed by atoms with Crippen molar-refractivity contribution >= 4 is 0 Å². The minimum absolute atomic E-state index is 0.0493. The average molecular weight is 263 g/mol. The Kier molecular flexibility index (Phi) is 4.48. The van der Waals surface area contributed by atoms with Crippen LogP contribution in [0.25, 0.3) is 0 Å². The summed E-state index contributed by atoms with van der Waals surface area (Å²) in [5.41, 5.74) is 2.14. The SMILES string of the molecule is Cc1ccc(O)c(C(C)NCC2(CO)CCCC2)c1. The lowest BCUT2D eigenvalue weighted by Crippen LogP contribution is -2.36. The van der Waals surface area contributed by atoms with Crippen LogP contribution in [0.15, 0.2) is 18.2 Å². The van der Waals surface area contributed by atoms with Crippen molar-refractivity contribution in [2.45, 2.75) is 45.6 Å². The number of nitrogens with one attached hydrogen (secondary N) is 1. The Hall–Kier alpha value is -1.06. The van der Waals surface area contributed by atoms with Crippen molar-refractivity contribution in [3.05, 3.63) is 29.3 Å². The molecule has 0 bridgehead atoms. The Morgan fingerprint density at radius 2 is 2.00 bits per heavy atom. The molecule has 1 fully saturated rings. The summed E-state index contributed by atoms with van der Waals surface area (Å²) in [5.74, 6) is 0.343. The zero-order valence-corrected chi connectivity index (χ0v) is 11.9. The van der Waals surface area contributed by atoms with Gasteiger partial charge in [-0.2, -0.15) is 0 Å². The number of rotatable bonds is 5. The first-order valence-electron chi connectivity index (χ1n) is 7.20. The Bertz CT molecular complexity index is 425. The molecule has 1 atom stereocenters. The normalized spacial score (nSPS) is 19.5. The molecule has 0 heterocycles. The highest BCUT2D eigenvalue weighted by atomic mass is 16.3. The molecule has 2 rings (SSSR count). The fraction of sp³-hybridized carbons (Fsp3) is 0.625. The smallest absolute Gasteiger partial charge is 0.120 e. The predicted octanol–water partition coefficient (Wildman–Crippen LogP) is 2.90. The van der Waals surface area contributed by atoms with E-state index in [-0.39, 0.29) is 18.1 Å². The van der Waals surface area contributed by atoms with Gasteiger partial charge in [-0.25, -0.2) is 0 Å². The number of benzene rings is 1. The van der Waals surface area contributed by atoms with E-state index in [1.54, 1.807) is 6.07 Å². The van der Waals surface area contributed by atoms with Gasteiger partial charge in [-0.15, -0.1) is 0 Å². The molecule has 19 heavy (non-hydrogen) atoms. The monoisotopic (exact) mass is 263 g/mol. The molecule has 1 aliphatic carbocycles. The molecular weight excluding hydrogens is 238 g/mol. The van der Waals surface area contributed by atoms with Gasteiger partial charge in [-0.05, 0) is 32.8 Å². The van der Waals surface area contributed by atoms with Gasteiger partial charge < -0.3 is 15.5 Å². The third kappa shape index (κ3) is 3.28. The highest BCUT2D eigenvalue weighted by Crippen LogP contribution is 2.37. The third-order valence-corrected chi connectivity index (χ3v) is 4.43. The van der Waals surface area contributed by atoms with Gasteiger partial charge in [-0.1, -0.05) is 30.5 Å².